The first-order valence-electron chi connectivity index (χ1n) is 9.54. The van der Waals surface area contributed by atoms with Crippen molar-refractivity contribution in [2.24, 2.45) is 0 Å². The quantitative estimate of drug-likeness (QED) is 0.673. The minimum absolute atomic E-state index is 0.353. The molecule has 0 radical (unpaired) electrons. The third-order valence-corrected chi connectivity index (χ3v) is 4.99. The zero-order valence-electron chi connectivity index (χ0n) is 17.7. The fraction of sp³-hybridized carbons (Fsp3) is 0.261. The van der Waals surface area contributed by atoms with Crippen molar-refractivity contribution in [1.29, 1.82) is 0 Å². The maximum absolute atomic E-state index is 12.8. The smallest absolute Gasteiger partial charge is 0.267 e. The summed E-state index contributed by atoms with van der Waals surface area (Å²) in [5.41, 5.74) is 3.96. The number of aromatic nitrogens is 2. The second-order valence-electron chi connectivity index (χ2n) is 7.07. The van der Waals surface area contributed by atoms with Gasteiger partial charge in [-0.25, -0.2) is 4.68 Å². The summed E-state index contributed by atoms with van der Waals surface area (Å²) in [6, 6.07) is 13.3. The summed E-state index contributed by atoms with van der Waals surface area (Å²) >= 11 is 0. The number of carbonyl (C=O) groups excluding carboxylic acids is 1. The number of amides is 1. The number of hydrogen-bond donors (Lipinski definition) is 1. The molecule has 1 N–H and O–H groups in total. The van der Waals surface area contributed by atoms with E-state index in [2.05, 4.69) is 10.4 Å². The molecule has 1 aromatic heterocycles. The molecule has 30 heavy (non-hydrogen) atoms. The molecule has 0 bridgehead atoms. The third kappa shape index (κ3) is 4.51. The average Bonchev–Trinajstić information content (AvgIpc) is 2.75. The van der Waals surface area contributed by atoms with Crippen molar-refractivity contribution in [3.63, 3.8) is 0 Å². The van der Waals surface area contributed by atoms with Crippen molar-refractivity contribution in [2.45, 2.75) is 26.8 Å². The zero-order chi connectivity index (χ0) is 21.8. The number of aryl methyl sites for hydroxylation is 2. The largest absolute Gasteiger partial charge is 0.497 e. The fourth-order valence-corrected chi connectivity index (χ4v) is 2.99. The van der Waals surface area contributed by atoms with Crippen molar-refractivity contribution in [2.75, 3.05) is 19.5 Å². The molecule has 0 aliphatic rings. The molecule has 1 atom stereocenters. The molecule has 2 aromatic carbocycles. The molecule has 0 spiro atoms. The number of carbonyl (C=O) groups is 1. The maximum atomic E-state index is 12.8. The minimum Gasteiger partial charge on any atom is -0.497 e. The summed E-state index contributed by atoms with van der Waals surface area (Å²) in [4.78, 5) is 25.2. The van der Waals surface area contributed by atoms with E-state index in [0.29, 0.717) is 22.9 Å². The highest BCUT2D eigenvalue weighted by Gasteiger charge is 2.19. The maximum Gasteiger partial charge on any atom is 0.267 e. The average molecular weight is 407 g/mol. The van der Waals surface area contributed by atoms with E-state index in [9.17, 15) is 9.59 Å². The van der Waals surface area contributed by atoms with E-state index >= 15 is 0 Å². The predicted octanol–water partition coefficient (Wildman–Crippen LogP) is 3.74. The first-order valence-corrected chi connectivity index (χ1v) is 9.54. The lowest BCUT2D eigenvalue weighted by Gasteiger charge is -2.16. The van der Waals surface area contributed by atoms with Crippen LogP contribution in [0.5, 0.6) is 11.5 Å². The lowest BCUT2D eigenvalue weighted by molar-refractivity contribution is -0.119. The van der Waals surface area contributed by atoms with Crippen LogP contribution in [-0.2, 0) is 4.79 Å². The molecule has 0 saturated carbocycles. The number of benzene rings is 2. The molecule has 0 aliphatic carbocycles. The van der Waals surface area contributed by atoms with Gasteiger partial charge in [-0.05, 0) is 44.0 Å². The van der Waals surface area contributed by atoms with Crippen molar-refractivity contribution in [3.8, 4) is 22.8 Å². The fourth-order valence-electron chi connectivity index (χ4n) is 2.99. The van der Waals surface area contributed by atoms with E-state index in [1.54, 1.807) is 31.2 Å². The van der Waals surface area contributed by atoms with Crippen LogP contribution in [0.4, 0.5) is 5.69 Å². The van der Waals surface area contributed by atoms with E-state index in [1.807, 2.05) is 32.0 Å². The van der Waals surface area contributed by atoms with Gasteiger partial charge in [0.1, 0.15) is 17.5 Å². The van der Waals surface area contributed by atoms with Crippen molar-refractivity contribution >= 4 is 11.6 Å². The van der Waals surface area contributed by atoms with E-state index in [4.69, 9.17) is 9.47 Å². The second-order valence-corrected chi connectivity index (χ2v) is 7.07. The van der Waals surface area contributed by atoms with Crippen LogP contribution in [0.3, 0.4) is 0 Å². The van der Waals surface area contributed by atoms with Gasteiger partial charge in [-0.2, -0.15) is 5.10 Å². The molecule has 0 saturated heterocycles. The van der Waals surface area contributed by atoms with Gasteiger partial charge in [0.15, 0.2) is 0 Å². The molecule has 0 aliphatic heterocycles. The van der Waals surface area contributed by atoms with Gasteiger partial charge < -0.3 is 14.8 Å². The molecule has 7 heteroatoms. The van der Waals surface area contributed by atoms with Crippen molar-refractivity contribution in [3.05, 3.63) is 70.0 Å². The molecular formula is C23H25N3O4. The minimum atomic E-state index is -0.818. The van der Waals surface area contributed by atoms with Gasteiger partial charge in [0.2, 0.25) is 5.91 Å². The highest BCUT2D eigenvalue weighted by molar-refractivity contribution is 5.93. The Labute approximate surface area is 175 Å². The Kier molecular flexibility index (Phi) is 6.20. The van der Waals surface area contributed by atoms with Crippen LogP contribution in [-0.4, -0.2) is 29.9 Å². The summed E-state index contributed by atoms with van der Waals surface area (Å²) in [5, 5.41) is 7.23. The summed E-state index contributed by atoms with van der Waals surface area (Å²) in [5.74, 6) is 0.714. The molecular weight excluding hydrogens is 382 g/mol. The zero-order valence-corrected chi connectivity index (χ0v) is 17.7. The lowest BCUT2D eigenvalue weighted by atomic mass is 10.0. The Morgan fingerprint density at radius 2 is 1.63 bits per heavy atom. The monoisotopic (exact) mass is 407 g/mol. The van der Waals surface area contributed by atoms with Crippen LogP contribution < -0.4 is 20.3 Å². The standard InChI is InChI=1S/C23H25N3O4/c1-14-6-7-17(10-15(14)2)21-8-9-22(27)26(25-21)16(3)23(28)24-18-11-19(29-4)13-20(12-18)30-5/h6-13,16H,1-5H3,(H,24,28)/t16-/m1/s1. The van der Waals surface area contributed by atoms with Gasteiger partial charge in [0.05, 0.1) is 19.9 Å². The number of rotatable bonds is 6. The number of ether oxygens (including phenoxy) is 2. The molecule has 0 unspecified atom stereocenters. The molecule has 156 valence electrons. The summed E-state index contributed by atoms with van der Waals surface area (Å²) < 4.78 is 11.6. The molecule has 1 amide bonds. The molecule has 7 nitrogen and oxygen atoms in total. The first kappa shape index (κ1) is 21.1. The highest BCUT2D eigenvalue weighted by atomic mass is 16.5. The Bertz CT molecular complexity index is 1120. The summed E-state index contributed by atoms with van der Waals surface area (Å²) in [6.45, 7) is 5.69. The van der Waals surface area contributed by atoms with E-state index in [-0.39, 0.29) is 11.5 Å². The number of hydrogen-bond acceptors (Lipinski definition) is 5. The summed E-state index contributed by atoms with van der Waals surface area (Å²) in [7, 11) is 3.07. The number of methoxy groups -OCH3 is 2. The van der Waals surface area contributed by atoms with Crippen LogP contribution in [0, 0.1) is 13.8 Å². The highest BCUT2D eigenvalue weighted by Crippen LogP contribution is 2.26. The van der Waals surface area contributed by atoms with Crippen molar-refractivity contribution < 1.29 is 14.3 Å². The molecule has 3 aromatic rings. The van der Waals surface area contributed by atoms with E-state index in [0.717, 1.165) is 11.1 Å². The van der Waals surface area contributed by atoms with Gasteiger partial charge in [-0.1, -0.05) is 12.1 Å². The Morgan fingerprint density at radius 3 is 2.23 bits per heavy atom. The second kappa shape index (κ2) is 8.82. The van der Waals surface area contributed by atoms with Crippen LogP contribution in [0.25, 0.3) is 11.3 Å². The normalized spacial score (nSPS) is 11.6. The van der Waals surface area contributed by atoms with Gasteiger partial charge in [-0.15, -0.1) is 0 Å². The van der Waals surface area contributed by atoms with Crippen molar-refractivity contribution in [1.82, 2.24) is 9.78 Å². The molecule has 3 rings (SSSR count). The SMILES string of the molecule is COc1cc(NC(=O)[C@@H](C)n2nc(-c3ccc(C)c(C)c3)ccc2=O)cc(OC)c1. The molecule has 0 fully saturated rings. The van der Waals surface area contributed by atoms with Crippen LogP contribution in [0.2, 0.25) is 0 Å². The number of nitrogens with one attached hydrogen (secondary N) is 1. The summed E-state index contributed by atoms with van der Waals surface area (Å²) in [6.07, 6.45) is 0. The van der Waals surface area contributed by atoms with Gasteiger partial charge >= 0.3 is 0 Å². The Balaban J connectivity index is 1.89. The Hall–Kier alpha value is -3.61. The van der Waals surface area contributed by atoms with Crippen LogP contribution in [0.15, 0.2) is 53.3 Å². The number of nitrogens with zero attached hydrogens (tertiary/aromatic N) is 2. The lowest BCUT2D eigenvalue weighted by Crippen LogP contribution is -2.33. The van der Waals surface area contributed by atoms with E-state index < -0.39 is 6.04 Å². The van der Waals surface area contributed by atoms with Crippen LogP contribution >= 0.6 is 0 Å². The molecule has 1 heterocycles. The van der Waals surface area contributed by atoms with Gasteiger partial charge in [0, 0.05) is 35.5 Å². The van der Waals surface area contributed by atoms with Crippen LogP contribution in [0.1, 0.15) is 24.1 Å². The predicted molar refractivity (Wildman–Crippen MR) is 116 cm³/mol. The Morgan fingerprint density at radius 1 is 0.967 bits per heavy atom. The third-order valence-electron chi connectivity index (χ3n) is 4.99. The first-order chi connectivity index (χ1) is 14.3. The van der Waals surface area contributed by atoms with E-state index in [1.165, 1.54) is 30.5 Å². The van der Waals surface area contributed by atoms with Gasteiger partial charge in [-0.3, -0.25) is 9.59 Å². The topological polar surface area (TPSA) is 82.5 Å². The van der Waals surface area contributed by atoms with Gasteiger partial charge in [0.25, 0.3) is 5.56 Å². The number of anilines is 1.